The van der Waals surface area contributed by atoms with Gasteiger partial charge in [0.15, 0.2) is 5.78 Å². The Morgan fingerprint density at radius 1 is 1.30 bits per heavy atom. The normalized spacial score (nSPS) is 11.7. The topological polar surface area (TPSA) is 61.2 Å². The van der Waals surface area contributed by atoms with Gasteiger partial charge in [0, 0.05) is 16.8 Å². The Kier molecular flexibility index (Phi) is 3.69. The lowest BCUT2D eigenvalue weighted by molar-refractivity contribution is 0.0522. The van der Waals surface area contributed by atoms with Crippen molar-refractivity contribution in [2.45, 2.75) is 33.3 Å². The molecule has 1 aromatic carbocycles. The molecule has 0 atom stereocenters. The molecule has 6 heteroatoms. The van der Waals surface area contributed by atoms with Crippen LogP contribution in [-0.4, -0.2) is 27.3 Å². The highest BCUT2D eigenvalue weighted by Gasteiger charge is 2.23. The lowest BCUT2D eigenvalue weighted by Gasteiger charge is -2.19. The fraction of sp³-hybridized carbons (Fsp3) is 0.357. The van der Waals surface area contributed by atoms with E-state index in [4.69, 9.17) is 4.74 Å². The highest BCUT2D eigenvalue weighted by Crippen LogP contribution is 2.24. The van der Waals surface area contributed by atoms with Crippen LogP contribution in [0, 0.1) is 0 Å². The van der Waals surface area contributed by atoms with Crippen molar-refractivity contribution in [3.05, 3.63) is 28.4 Å². The van der Waals surface area contributed by atoms with Crippen molar-refractivity contribution >= 4 is 38.7 Å². The lowest BCUT2D eigenvalue weighted by Crippen LogP contribution is -2.27. The van der Waals surface area contributed by atoms with E-state index < -0.39 is 11.7 Å². The second-order valence-electron chi connectivity index (χ2n) is 5.46. The number of halogens is 1. The Bertz CT molecular complexity index is 698. The molecular weight excluding hydrogens is 324 g/mol. The van der Waals surface area contributed by atoms with E-state index in [0.29, 0.717) is 10.9 Å². The Morgan fingerprint density at radius 2 is 1.95 bits per heavy atom. The molecule has 5 nitrogen and oxygen atoms in total. The monoisotopic (exact) mass is 338 g/mol. The standard InChI is InChI=1S/C14H15BrN2O3/c1-8(18)12-10-6-5-9(15)7-11(10)17(16-12)13(19)20-14(2,3)4/h5-7H,1-4H3. The van der Waals surface area contributed by atoms with E-state index in [1.807, 2.05) is 0 Å². The second-order valence-corrected chi connectivity index (χ2v) is 6.37. The molecule has 0 fully saturated rings. The van der Waals surface area contributed by atoms with E-state index in [1.165, 1.54) is 6.92 Å². The van der Waals surface area contributed by atoms with Crippen molar-refractivity contribution in [1.82, 2.24) is 9.78 Å². The molecule has 1 aromatic heterocycles. The van der Waals surface area contributed by atoms with Crippen molar-refractivity contribution in [1.29, 1.82) is 0 Å². The van der Waals surface area contributed by atoms with Crippen LogP contribution in [0.15, 0.2) is 22.7 Å². The maximum Gasteiger partial charge on any atom is 0.435 e. The lowest BCUT2D eigenvalue weighted by atomic mass is 10.2. The SMILES string of the molecule is CC(=O)c1nn(C(=O)OC(C)(C)C)c2cc(Br)ccc12. The molecule has 0 unspecified atom stereocenters. The fourth-order valence-electron chi connectivity index (χ4n) is 1.79. The smallest absolute Gasteiger partial charge is 0.435 e. The zero-order valence-corrected chi connectivity index (χ0v) is 13.3. The second kappa shape index (κ2) is 5.01. The summed E-state index contributed by atoms with van der Waals surface area (Å²) in [5.74, 6) is -0.195. The van der Waals surface area contributed by atoms with E-state index in [2.05, 4.69) is 21.0 Å². The Hall–Kier alpha value is -1.69. The van der Waals surface area contributed by atoms with Crippen LogP contribution in [0.3, 0.4) is 0 Å². The fourth-order valence-corrected chi connectivity index (χ4v) is 2.14. The van der Waals surface area contributed by atoms with Crippen LogP contribution in [0.25, 0.3) is 10.9 Å². The Morgan fingerprint density at radius 3 is 2.50 bits per heavy atom. The molecule has 20 heavy (non-hydrogen) atoms. The number of hydrogen-bond donors (Lipinski definition) is 0. The van der Waals surface area contributed by atoms with Gasteiger partial charge in [-0.05, 0) is 39.0 Å². The van der Waals surface area contributed by atoms with Gasteiger partial charge in [-0.25, -0.2) is 4.79 Å². The molecule has 0 aliphatic heterocycles. The van der Waals surface area contributed by atoms with Gasteiger partial charge >= 0.3 is 6.09 Å². The van der Waals surface area contributed by atoms with Gasteiger partial charge in [-0.2, -0.15) is 9.78 Å². The third kappa shape index (κ3) is 2.90. The number of nitrogens with zero attached hydrogens (tertiary/aromatic N) is 2. The van der Waals surface area contributed by atoms with Gasteiger partial charge in [0.05, 0.1) is 5.52 Å². The molecule has 0 saturated carbocycles. The molecule has 106 valence electrons. The first-order valence-electron chi connectivity index (χ1n) is 6.11. The summed E-state index contributed by atoms with van der Waals surface area (Å²) in [4.78, 5) is 23.8. The van der Waals surface area contributed by atoms with Crippen LogP contribution in [0.5, 0.6) is 0 Å². The summed E-state index contributed by atoms with van der Waals surface area (Å²) in [7, 11) is 0. The third-order valence-electron chi connectivity index (χ3n) is 2.54. The van der Waals surface area contributed by atoms with Crippen molar-refractivity contribution in [3.63, 3.8) is 0 Å². The molecule has 0 amide bonds. The number of ketones is 1. The van der Waals surface area contributed by atoms with Gasteiger partial charge in [-0.1, -0.05) is 15.9 Å². The number of hydrogen-bond acceptors (Lipinski definition) is 4. The molecule has 2 aromatic rings. The minimum atomic E-state index is -0.627. The van der Waals surface area contributed by atoms with Gasteiger partial charge in [-0.15, -0.1) is 0 Å². The predicted octanol–water partition coefficient (Wildman–Crippen LogP) is 3.78. The highest BCUT2D eigenvalue weighted by molar-refractivity contribution is 9.10. The molecule has 1 heterocycles. The van der Waals surface area contributed by atoms with Crippen LogP contribution in [-0.2, 0) is 4.74 Å². The molecule has 0 spiro atoms. The predicted molar refractivity (Wildman–Crippen MR) is 79.1 cm³/mol. The van der Waals surface area contributed by atoms with Crippen molar-refractivity contribution < 1.29 is 14.3 Å². The average molecular weight is 339 g/mol. The zero-order valence-electron chi connectivity index (χ0n) is 11.7. The Labute approximate surface area is 125 Å². The van der Waals surface area contributed by atoms with Crippen molar-refractivity contribution in [2.24, 2.45) is 0 Å². The van der Waals surface area contributed by atoms with E-state index in [9.17, 15) is 9.59 Å². The first kappa shape index (κ1) is 14.7. The van der Waals surface area contributed by atoms with Crippen LogP contribution < -0.4 is 0 Å². The first-order chi connectivity index (χ1) is 9.19. The maximum absolute atomic E-state index is 12.2. The van der Waals surface area contributed by atoms with Crippen LogP contribution in [0.1, 0.15) is 38.2 Å². The number of rotatable bonds is 1. The number of aromatic nitrogens is 2. The number of fused-ring (bicyclic) bond motifs is 1. The summed E-state index contributed by atoms with van der Waals surface area (Å²) in [6.07, 6.45) is -0.604. The number of benzene rings is 1. The van der Waals surface area contributed by atoms with Crippen LogP contribution >= 0.6 is 15.9 Å². The molecule has 0 N–H and O–H groups in total. The van der Waals surface area contributed by atoms with E-state index >= 15 is 0 Å². The third-order valence-corrected chi connectivity index (χ3v) is 3.04. The van der Waals surface area contributed by atoms with Gasteiger partial charge in [0.1, 0.15) is 11.3 Å². The van der Waals surface area contributed by atoms with Gasteiger partial charge in [-0.3, -0.25) is 4.79 Å². The largest absolute Gasteiger partial charge is 0.442 e. The van der Waals surface area contributed by atoms with E-state index in [1.54, 1.807) is 39.0 Å². The molecule has 0 saturated heterocycles. The molecule has 0 bridgehead atoms. The maximum atomic E-state index is 12.2. The number of ether oxygens (including phenoxy) is 1. The van der Waals surface area contributed by atoms with Crippen LogP contribution in [0.4, 0.5) is 4.79 Å². The summed E-state index contributed by atoms with van der Waals surface area (Å²) in [5.41, 5.74) is 0.176. The highest BCUT2D eigenvalue weighted by atomic mass is 79.9. The molecular formula is C14H15BrN2O3. The molecule has 0 aliphatic rings. The molecule has 2 rings (SSSR count). The quantitative estimate of drug-likeness (QED) is 0.742. The minimum absolute atomic E-state index is 0.195. The zero-order chi connectivity index (χ0) is 15.1. The van der Waals surface area contributed by atoms with E-state index in [-0.39, 0.29) is 11.5 Å². The molecule has 0 radical (unpaired) electrons. The summed E-state index contributed by atoms with van der Waals surface area (Å²) >= 11 is 3.35. The van der Waals surface area contributed by atoms with E-state index in [0.717, 1.165) is 9.15 Å². The minimum Gasteiger partial charge on any atom is -0.442 e. The average Bonchev–Trinajstić information content (AvgIpc) is 2.65. The van der Waals surface area contributed by atoms with Crippen LogP contribution in [0.2, 0.25) is 0 Å². The Balaban J connectivity index is 2.61. The van der Waals surface area contributed by atoms with Crippen molar-refractivity contribution in [3.8, 4) is 0 Å². The number of carbonyl (C=O) groups excluding carboxylic acids is 2. The van der Waals surface area contributed by atoms with Gasteiger partial charge in [0.25, 0.3) is 0 Å². The summed E-state index contributed by atoms with van der Waals surface area (Å²) in [6.45, 7) is 6.75. The summed E-state index contributed by atoms with van der Waals surface area (Å²) in [6, 6.07) is 5.29. The molecule has 0 aliphatic carbocycles. The number of carbonyl (C=O) groups is 2. The number of Topliss-reactive ketones (excluding diaryl/α,β-unsaturated/α-hetero) is 1. The first-order valence-corrected chi connectivity index (χ1v) is 6.91. The van der Waals surface area contributed by atoms with Gasteiger partial charge in [0.2, 0.25) is 0 Å². The van der Waals surface area contributed by atoms with Crippen molar-refractivity contribution in [2.75, 3.05) is 0 Å². The summed E-state index contributed by atoms with van der Waals surface area (Å²) < 4.78 is 7.22. The summed E-state index contributed by atoms with van der Waals surface area (Å²) in [5, 5.41) is 4.72. The van der Waals surface area contributed by atoms with Gasteiger partial charge < -0.3 is 4.74 Å².